The van der Waals surface area contributed by atoms with Crippen LogP contribution in [0.25, 0.3) is 0 Å². The summed E-state index contributed by atoms with van der Waals surface area (Å²) in [4.78, 5) is 35.4. The third-order valence-electron chi connectivity index (χ3n) is 5.40. The zero-order valence-corrected chi connectivity index (χ0v) is 19.8. The van der Waals surface area contributed by atoms with Crippen molar-refractivity contribution in [3.05, 3.63) is 48.5 Å². The molecule has 2 aromatic heterocycles. The lowest BCUT2D eigenvalue weighted by Gasteiger charge is -2.38. The van der Waals surface area contributed by atoms with Crippen LogP contribution in [-0.4, -0.2) is 93.2 Å². The summed E-state index contributed by atoms with van der Waals surface area (Å²) in [6.45, 7) is 5.72. The molecule has 38 heavy (non-hydrogen) atoms. The van der Waals surface area contributed by atoms with Crippen LogP contribution in [0.4, 0.5) is 32.3 Å². The second kappa shape index (κ2) is 13.9. The van der Waals surface area contributed by atoms with Gasteiger partial charge in [0.15, 0.2) is 0 Å². The van der Waals surface area contributed by atoms with Crippen molar-refractivity contribution in [3.63, 3.8) is 0 Å². The van der Waals surface area contributed by atoms with E-state index in [-0.39, 0.29) is 6.10 Å². The minimum absolute atomic E-state index is 0.269. The molecular weight excluding hydrogens is 528 g/mol. The molecule has 2 aromatic rings. The van der Waals surface area contributed by atoms with Gasteiger partial charge in [0, 0.05) is 63.4 Å². The van der Waals surface area contributed by atoms with Crippen LogP contribution < -0.4 is 4.90 Å². The van der Waals surface area contributed by atoms with E-state index in [4.69, 9.17) is 24.5 Å². The highest BCUT2D eigenvalue weighted by Gasteiger charge is 2.39. The number of aliphatic carboxylic acids is 2. The Bertz CT molecular complexity index is 989. The Balaban J connectivity index is 0.000000301. The molecule has 4 heterocycles. The van der Waals surface area contributed by atoms with Crippen molar-refractivity contribution in [1.29, 1.82) is 0 Å². The molecule has 0 amide bonds. The van der Waals surface area contributed by atoms with Gasteiger partial charge in [-0.3, -0.25) is 9.88 Å². The van der Waals surface area contributed by atoms with Crippen LogP contribution in [0.3, 0.4) is 0 Å². The van der Waals surface area contributed by atoms with Crippen molar-refractivity contribution >= 4 is 17.9 Å². The second-order valence-electron chi connectivity index (χ2n) is 8.15. The molecule has 0 aliphatic carbocycles. The van der Waals surface area contributed by atoms with Gasteiger partial charge in [-0.05, 0) is 30.2 Å². The summed E-state index contributed by atoms with van der Waals surface area (Å²) in [6, 6.07) is 6.05. The summed E-state index contributed by atoms with van der Waals surface area (Å²) in [5, 5.41) is 14.2. The van der Waals surface area contributed by atoms with Gasteiger partial charge < -0.3 is 19.8 Å². The predicted molar refractivity (Wildman–Crippen MR) is 119 cm³/mol. The van der Waals surface area contributed by atoms with Crippen LogP contribution in [0.5, 0.6) is 0 Å². The van der Waals surface area contributed by atoms with Crippen LogP contribution in [-0.2, 0) is 20.9 Å². The van der Waals surface area contributed by atoms with Crippen LogP contribution >= 0.6 is 0 Å². The summed E-state index contributed by atoms with van der Waals surface area (Å²) in [5.74, 6) is -4.12. The zero-order valence-electron chi connectivity index (χ0n) is 19.8. The number of alkyl halides is 6. The monoisotopic (exact) mass is 553 g/mol. The van der Waals surface area contributed by atoms with Gasteiger partial charge in [-0.25, -0.2) is 19.6 Å². The van der Waals surface area contributed by atoms with E-state index >= 15 is 0 Å². The van der Waals surface area contributed by atoms with Crippen molar-refractivity contribution in [1.82, 2.24) is 19.9 Å². The fraction of sp³-hybridized carbons (Fsp3) is 0.500. The van der Waals surface area contributed by atoms with Gasteiger partial charge in [0.2, 0.25) is 5.95 Å². The lowest BCUT2D eigenvalue weighted by molar-refractivity contribution is -0.193. The van der Waals surface area contributed by atoms with E-state index in [2.05, 4.69) is 36.9 Å². The van der Waals surface area contributed by atoms with Crippen LogP contribution in [0.2, 0.25) is 0 Å². The molecule has 0 saturated carbocycles. The molecule has 0 radical (unpaired) electrons. The summed E-state index contributed by atoms with van der Waals surface area (Å²) in [7, 11) is 0. The fourth-order valence-electron chi connectivity index (χ4n) is 3.65. The normalized spacial score (nSPS) is 20.0. The first kappa shape index (κ1) is 30.7. The van der Waals surface area contributed by atoms with Crippen LogP contribution in [0.15, 0.2) is 43.0 Å². The molecule has 0 spiro atoms. The second-order valence-corrected chi connectivity index (χ2v) is 8.15. The summed E-state index contributed by atoms with van der Waals surface area (Å²) in [6.07, 6.45) is -1.44. The summed E-state index contributed by atoms with van der Waals surface area (Å²) >= 11 is 0. The SMILES string of the molecule is O=C(O)C(F)(F)F.O=C(O)C(F)(F)F.c1cnc(N2CC[C@@H]3CN(Cc4ccncc4)CCO[C@@H]3C2)nc1. The van der Waals surface area contributed by atoms with E-state index in [1.54, 1.807) is 12.4 Å². The number of anilines is 1. The fourth-order valence-corrected chi connectivity index (χ4v) is 3.65. The third-order valence-corrected chi connectivity index (χ3v) is 5.40. The zero-order chi connectivity index (χ0) is 28.3. The summed E-state index contributed by atoms with van der Waals surface area (Å²) in [5.41, 5.74) is 1.32. The molecule has 2 atom stereocenters. The van der Waals surface area contributed by atoms with Gasteiger partial charge in [-0.2, -0.15) is 26.3 Å². The number of nitrogens with zero attached hydrogens (tertiary/aromatic N) is 5. The van der Waals surface area contributed by atoms with Crippen molar-refractivity contribution in [2.45, 2.75) is 31.4 Å². The molecule has 16 heteroatoms. The number of ether oxygens (including phenoxy) is 1. The Morgan fingerprint density at radius 3 is 2.00 bits per heavy atom. The number of piperidine rings is 1. The number of carbonyl (C=O) groups is 2. The number of aromatic nitrogens is 3. The number of carboxylic acids is 2. The lowest BCUT2D eigenvalue weighted by Crippen LogP contribution is -2.47. The predicted octanol–water partition coefficient (Wildman–Crippen LogP) is 2.87. The summed E-state index contributed by atoms with van der Waals surface area (Å²) < 4.78 is 69.6. The molecule has 0 unspecified atom stereocenters. The third kappa shape index (κ3) is 10.5. The smallest absolute Gasteiger partial charge is 0.475 e. The molecule has 4 rings (SSSR count). The first-order chi connectivity index (χ1) is 17.8. The van der Waals surface area contributed by atoms with E-state index in [1.165, 1.54) is 5.56 Å². The van der Waals surface area contributed by atoms with Gasteiger partial charge >= 0.3 is 24.3 Å². The molecule has 2 aliphatic heterocycles. The van der Waals surface area contributed by atoms with E-state index in [1.807, 2.05) is 18.5 Å². The van der Waals surface area contributed by atoms with Gasteiger partial charge in [-0.1, -0.05) is 0 Å². The first-order valence-corrected chi connectivity index (χ1v) is 11.1. The molecular formula is C22H25F6N5O5. The highest BCUT2D eigenvalue weighted by molar-refractivity contribution is 5.73. The minimum Gasteiger partial charge on any atom is -0.475 e. The van der Waals surface area contributed by atoms with Crippen molar-refractivity contribution in [2.24, 2.45) is 5.92 Å². The highest BCUT2D eigenvalue weighted by Crippen LogP contribution is 2.26. The number of fused-ring (bicyclic) bond motifs is 1. The van der Waals surface area contributed by atoms with Crippen molar-refractivity contribution in [3.8, 4) is 0 Å². The Morgan fingerprint density at radius 2 is 1.47 bits per heavy atom. The van der Waals surface area contributed by atoms with Gasteiger partial charge in [-0.15, -0.1) is 0 Å². The minimum atomic E-state index is -5.08. The van der Waals surface area contributed by atoms with Gasteiger partial charge in [0.1, 0.15) is 0 Å². The maximum Gasteiger partial charge on any atom is 0.490 e. The van der Waals surface area contributed by atoms with Crippen LogP contribution in [0.1, 0.15) is 12.0 Å². The number of rotatable bonds is 3. The van der Waals surface area contributed by atoms with Crippen molar-refractivity contribution in [2.75, 3.05) is 37.7 Å². The largest absolute Gasteiger partial charge is 0.490 e. The van der Waals surface area contributed by atoms with Gasteiger partial charge in [0.25, 0.3) is 0 Å². The molecule has 10 nitrogen and oxygen atoms in total. The van der Waals surface area contributed by atoms with E-state index < -0.39 is 24.3 Å². The Morgan fingerprint density at radius 1 is 0.921 bits per heavy atom. The molecule has 210 valence electrons. The standard InChI is InChI=1S/C18H23N5O.2C2HF3O2/c1-5-20-18(21-6-1)23-9-4-16-13-22(10-11-24-17(16)14-23)12-15-2-7-19-8-3-15;2*3-2(4,5)1(6)7/h1-3,5-8,16-17H,4,9-14H2;2*(H,6,7)/t16-,17-;;/m1../s1. The van der Waals surface area contributed by atoms with E-state index in [0.29, 0.717) is 5.92 Å². The number of halogens is 6. The molecule has 2 saturated heterocycles. The van der Waals surface area contributed by atoms with E-state index in [9.17, 15) is 26.3 Å². The quantitative estimate of drug-likeness (QED) is 0.548. The lowest BCUT2D eigenvalue weighted by atomic mass is 9.93. The van der Waals surface area contributed by atoms with Crippen molar-refractivity contribution < 1.29 is 50.9 Å². The molecule has 2 aliphatic rings. The topological polar surface area (TPSA) is 129 Å². The van der Waals surface area contributed by atoms with Gasteiger partial charge in [0.05, 0.1) is 12.7 Å². The highest BCUT2D eigenvalue weighted by atomic mass is 19.4. The molecule has 0 aromatic carbocycles. The average Bonchev–Trinajstić information content (AvgIpc) is 3.06. The maximum absolute atomic E-state index is 10.6. The molecule has 2 fully saturated rings. The Hall–Kier alpha value is -3.53. The maximum atomic E-state index is 10.6. The molecule has 0 bridgehead atoms. The molecule has 2 N–H and O–H groups in total. The number of pyridine rings is 1. The first-order valence-electron chi connectivity index (χ1n) is 11.1. The number of carboxylic acid groups (broad SMARTS) is 2. The van der Waals surface area contributed by atoms with E-state index in [0.717, 1.165) is 51.7 Å². The Labute approximate surface area is 212 Å². The average molecular weight is 553 g/mol. The number of hydrogen-bond acceptors (Lipinski definition) is 8. The Kier molecular flexibility index (Phi) is 11.2. The van der Waals surface area contributed by atoms with Crippen LogP contribution in [0, 0.1) is 5.92 Å². The number of hydrogen-bond donors (Lipinski definition) is 2.